The number of nitrogens with two attached hydrogens (primary N) is 2. The van der Waals surface area contributed by atoms with E-state index in [1.54, 1.807) is 24.3 Å². The van der Waals surface area contributed by atoms with Crippen molar-refractivity contribution in [1.82, 2.24) is 0 Å². The zero-order valence-corrected chi connectivity index (χ0v) is 58.1. The van der Waals surface area contributed by atoms with Crippen LogP contribution in [-0.4, -0.2) is 37.2 Å². The first-order valence-corrected chi connectivity index (χ1v) is 32.4. The van der Waals surface area contributed by atoms with E-state index in [1.165, 1.54) is 95.1 Å². The molecule has 0 saturated carbocycles. The van der Waals surface area contributed by atoms with Gasteiger partial charge in [-0.2, -0.15) is 43.7 Å². The second-order valence-electron chi connectivity index (χ2n) is 22.8. The Kier molecular flexibility index (Phi) is 32.7. The fourth-order valence-corrected chi connectivity index (χ4v) is 12.2. The van der Waals surface area contributed by atoms with Crippen molar-refractivity contribution in [2.75, 3.05) is 13.2 Å². The van der Waals surface area contributed by atoms with Crippen LogP contribution in [0.25, 0.3) is 0 Å². The molecule has 10 heteroatoms. The third-order valence-electron chi connectivity index (χ3n) is 16.7. The monoisotopic (exact) mass is 1580 g/mol. The number of nitrogen functional groups attached to an aromatic ring is 2. The average Bonchev–Trinajstić information content (AvgIpc) is 0.756. The fourth-order valence-electron chi connectivity index (χ4n) is 12.2. The molecule has 478 valence electrons. The standard InChI is InChI=1S/2C24H20B.C19H24N4O2.2C8H12.2Ir/c2*1-5-13-21(14-6-1)25(22-15-7-2-8-16-22,23-17-9-3-10-18-23)24-19-11-4-12-20-24;20-18(21)14-4-8-16(9-5-14)24-12-2-1-3-13-25-17-10-6-15(7-11-17)19(22)23;2*1-2-4-6-8-7-5-3-1;;/h2*1-20H;4-11H,1-3,12-13H2,(H3,20,21)(H3,22,23);2*1-2,7-8H,3-6H2;;/q2*-1;;;;;/b;;;2*2-1-,8-7-;;. The Bertz CT molecular complexity index is 3140. The fraction of sp³-hybridized carbons (Fsp3) is 0.157. The number of rotatable bonds is 18. The van der Waals surface area contributed by atoms with Gasteiger partial charge in [0.2, 0.25) is 0 Å². The van der Waals surface area contributed by atoms with Crippen LogP contribution in [0.1, 0.15) is 81.8 Å². The molecule has 2 radical (unpaired) electrons. The summed E-state index contributed by atoms with van der Waals surface area (Å²) in [7, 11) is 0. The predicted octanol–water partition coefficient (Wildman–Crippen LogP) is 14.4. The van der Waals surface area contributed by atoms with Gasteiger partial charge in [-0.05, 0) is 119 Å². The van der Waals surface area contributed by atoms with E-state index >= 15 is 0 Å². The minimum Gasteiger partial charge on any atom is -0.494 e. The van der Waals surface area contributed by atoms with Gasteiger partial charge in [-0.25, -0.2) is 0 Å². The molecular weight excluding hydrogens is 1490 g/mol. The molecule has 0 fully saturated rings. The van der Waals surface area contributed by atoms with Gasteiger partial charge < -0.3 is 20.9 Å². The number of amidine groups is 2. The van der Waals surface area contributed by atoms with E-state index in [2.05, 4.69) is 291 Å². The summed E-state index contributed by atoms with van der Waals surface area (Å²) in [6.07, 6.45) is 28.5. The topological polar surface area (TPSA) is 118 Å². The van der Waals surface area contributed by atoms with Crippen LogP contribution < -0.4 is 64.6 Å². The minimum absolute atomic E-state index is 0. The summed E-state index contributed by atoms with van der Waals surface area (Å²) < 4.78 is 11.3. The van der Waals surface area contributed by atoms with Gasteiger partial charge in [-0.15, -0.1) is 0 Å². The summed E-state index contributed by atoms with van der Waals surface area (Å²) in [6, 6.07) is 101. The SMILES string of the molecule is C1=C\CC/C=C\CC/1.C1=C\CC/C=C\CC/1.N=C(N)c1ccc(OCCCCCOc2ccc(C(=N)N)cc2)cc1.[Ir].[Ir].c1ccc([B-](c2ccccc2)(c2ccccc2)c2ccccc2)cc1.c1ccc([B-](c2ccccc2)(c2ccccc2)c2ccccc2)cc1. The van der Waals surface area contributed by atoms with Gasteiger partial charge >= 0.3 is 0 Å². The second kappa shape index (κ2) is 41.6. The summed E-state index contributed by atoms with van der Waals surface area (Å²) in [5, 5.41) is 14.7. The zero-order chi connectivity index (χ0) is 63.3. The molecule has 0 spiro atoms. The summed E-state index contributed by atoms with van der Waals surface area (Å²) in [5.74, 6) is 1.68. The molecule has 0 saturated heterocycles. The van der Waals surface area contributed by atoms with Crippen molar-refractivity contribution in [3.05, 3.63) is 351 Å². The summed E-state index contributed by atoms with van der Waals surface area (Å²) in [4.78, 5) is 0. The first-order chi connectivity index (χ1) is 44.9. The van der Waals surface area contributed by atoms with Crippen molar-refractivity contribution >= 4 is 67.7 Å². The van der Waals surface area contributed by atoms with Gasteiger partial charge in [0.15, 0.2) is 0 Å². The molecule has 0 aliphatic heterocycles. The number of hydrogen-bond donors (Lipinski definition) is 4. The molecular formula is C83H88B2Ir2N4O2-2. The first-order valence-electron chi connectivity index (χ1n) is 32.4. The second-order valence-corrected chi connectivity index (χ2v) is 22.8. The van der Waals surface area contributed by atoms with Gasteiger partial charge in [-0.3, -0.25) is 10.8 Å². The molecule has 0 unspecified atom stereocenters. The summed E-state index contributed by atoms with van der Waals surface area (Å²) in [6.45, 7) is 1.29. The van der Waals surface area contributed by atoms with E-state index in [4.69, 9.17) is 31.8 Å². The van der Waals surface area contributed by atoms with E-state index < -0.39 is 12.3 Å². The predicted molar refractivity (Wildman–Crippen MR) is 393 cm³/mol. The molecule has 0 atom stereocenters. The quantitative estimate of drug-likeness (QED) is 0.0225. The van der Waals surface area contributed by atoms with E-state index in [0.717, 1.165) is 30.8 Å². The molecule has 2 aliphatic rings. The molecule has 10 aromatic carbocycles. The molecule has 93 heavy (non-hydrogen) atoms. The molecule has 2 aliphatic carbocycles. The van der Waals surface area contributed by atoms with E-state index in [1.807, 2.05) is 24.3 Å². The van der Waals surface area contributed by atoms with Crippen LogP contribution >= 0.6 is 0 Å². The van der Waals surface area contributed by atoms with Crippen LogP contribution in [0.15, 0.2) is 340 Å². The van der Waals surface area contributed by atoms with E-state index in [0.29, 0.717) is 24.3 Å². The zero-order valence-electron chi connectivity index (χ0n) is 53.3. The third-order valence-corrected chi connectivity index (χ3v) is 16.7. The number of unbranched alkanes of at least 4 members (excludes halogenated alkanes) is 2. The van der Waals surface area contributed by atoms with Crippen molar-refractivity contribution in [2.45, 2.75) is 70.6 Å². The summed E-state index contributed by atoms with van der Waals surface area (Å²) in [5.41, 5.74) is 22.9. The van der Waals surface area contributed by atoms with Gasteiger partial charge in [0, 0.05) is 51.3 Å². The average molecular weight is 1580 g/mol. The van der Waals surface area contributed by atoms with E-state index in [9.17, 15) is 0 Å². The van der Waals surface area contributed by atoms with Crippen molar-refractivity contribution in [3.8, 4) is 11.5 Å². The van der Waals surface area contributed by atoms with Crippen LogP contribution in [0.3, 0.4) is 0 Å². The van der Waals surface area contributed by atoms with Gasteiger partial charge in [0.25, 0.3) is 0 Å². The van der Waals surface area contributed by atoms with Crippen LogP contribution in [0.4, 0.5) is 0 Å². The van der Waals surface area contributed by atoms with Crippen molar-refractivity contribution in [3.63, 3.8) is 0 Å². The van der Waals surface area contributed by atoms with Crippen molar-refractivity contribution < 1.29 is 49.7 Å². The molecule has 0 amide bonds. The van der Waals surface area contributed by atoms with Crippen LogP contribution in [-0.2, 0) is 40.2 Å². The Balaban J connectivity index is 0.000000195. The number of allylic oxidation sites excluding steroid dienone is 8. The van der Waals surface area contributed by atoms with Crippen molar-refractivity contribution in [1.29, 1.82) is 10.8 Å². The minimum atomic E-state index is -1.22. The smallest absolute Gasteiger partial charge is 0.122 e. The van der Waals surface area contributed by atoms with Crippen LogP contribution in [0, 0.1) is 10.8 Å². The van der Waals surface area contributed by atoms with Crippen LogP contribution in [0.5, 0.6) is 11.5 Å². The molecule has 0 heterocycles. The third kappa shape index (κ3) is 22.2. The van der Waals surface area contributed by atoms with Gasteiger partial charge in [0.05, 0.1) is 13.2 Å². The normalized spacial score (nSPS) is 13.6. The number of benzene rings is 10. The van der Waals surface area contributed by atoms with E-state index in [-0.39, 0.29) is 51.9 Å². The Hall–Kier alpha value is -8.87. The molecule has 6 N–H and O–H groups in total. The molecule has 0 bridgehead atoms. The number of ether oxygens (including phenoxy) is 2. The molecule has 6 nitrogen and oxygen atoms in total. The summed E-state index contributed by atoms with van der Waals surface area (Å²) >= 11 is 0. The first kappa shape index (κ1) is 73.2. The Morgan fingerprint density at radius 2 is 0.430 bits per heavy atom. The van der Waals surface area contributed by atoms with Gasteiger partial charge in [0.1, 0.15) is 35.5 Å². The molecule has 0 aromatic heterocycles. The maximum absolute atomic E-state index is 7.34. The molecule has 12 rings (SSSR count). The van der Waals surface area contributed by atoms with Crippen molar-refractivity contribution in [2.24, 2.45) is 11.5 Å². The number of nitrogens with one attached hydrogen (secondary N) is 2. The maximum Gasteiger partial charge on any atom is 0.122 e. The number of hydrogen-bond acceptors (Lipinski definition) is 4. The van der Waals surface area contributed by atoms with Gasteiger partial charge in [-0.1, -0.05) is 291 Å². The van der Waals surface area contributed by atoms with Crippen LogP contribution in [0.2, 0.25) is 0 Å². The largest absolute Gasteiger partial charge is 0.494 e. The Morgan fingerprint density at radius 3 is 0.591 bits per heavy atom. The Labute approximate surface area is 581 Å². The maximum atomic E-state index is 7.34. The Morgan fingerprint density at radius 1 is 0.258 bits per heavy atom. The molecule has 10 aromatic rings.